The summed E-state index contributed by atoms with van der Waals surface area (Å²) in [5.41, 5.74) is 4.07. The first-order valence-electron chi connectivity index (χ1n) is 9.87. The van der Waals surface area contributed by atoms with Gasteiger partial charge in [-0.3, -0.25) is 4.79 Å². The van der Waals surface area contributed by atoms with E-state index in [0.29, 0.717) is 42.6 Å². The molecule has 0 saturated carbocycles. The first-order valence-corrected chi connectivity index (χ1v) is 12.3. The summed E-state index contributed by atoms with van der Waals surface area (Å²) in [5.74, 6) is -1.19. The lowest BCUT2D eigenvalue weighted by Gasteiger charge is -2.20. The summed E-state index contributed by atoms with van der Waals surface area (Å²) in [7, 11) is -3.40. The maximum atomic E-state index is 15.7. The van der Waals surface area contributed by atoms with Crippen LogP contribution in [0.1, 0.15) is 32.7 Å². The number of sulfone groups is 1. The Kier molecular flexibility index (Phi) is 4.90. The van der Waals surface area contributed by atoms with Crippen molar-refractivity contribution in [2.75, 3.05) is 18.1 Å². The number of rotatable bonds is 4. The molecule has 0 fully saturated rings. The van der Waals surface area contributed by atoms with Gasteiger partial charge < -0.3 is 15.6 Å². The van der Waals surface area contributed by atoms with Gasteiger partial charge >= 0.3 is 0 Å². The van der Waals surface area contributed by atoms with Crippen LogP contribution in [0.5, 0.6) is 0 Å². The predicted molar refractivity (Wildman–Crippen MR) is 116 cm³/mol. The molecule has 0 saturated heterocycles. The Balaban J connectivity index is 1.60. The summed E-state index contributed by atoms with van der Waals surface area (Å²) in [5, 5.41) is 5.49. The maximum absolute atomic E-state index is 15.7. The van der Waals surface area contributed by atoms with Crippen LogP contribution in [0.2, 0.25) is 5.28 Å². The summed E-state index contributed by atoms with van der Waals surface area (Å²) >= 11 is 5.88. The lowest BCUT2D eigenvalue weighted by molar-refractivity contribution is 0.0945. The van der Waals surface area contributed by atoms with Gasteiger partial charge in [0.05, 0.1) is 17.0 Å². The molecule has 0 unspecified atom stereocenters. The van der Waals surface area contributed by atoms with Crippen molar-refractivity contribution in [1.29, 1.82) is 0 Å². The van der Waals surface area contributed by atoms with Gasteiger partial charge in [0.25, 0.3) is 5.91 Å². The lowest BCUT2D eigenvalue weighted by atomic mass is 9.88. The van der Waals surface area contributed by atoms with E-state index < -0.39 is 15.7 Å². The van der Waals surface area contributed by atoms with Crippen molar-refractivity contribution in [3.63, 3.8) is 0 Å². The number of aromatic nitrogens is 4. The highest BCUT2D eigenvalue weighted by Crippen LogP contribution is 2.40. The molecule has 5 rings (SSSR count). The molecule has 0 spiro atoms. The number of H-pyrrole nitrogens is 1. The van der Waals surface area contributed by atoms with E-state index in [1.54, 1.807) is 6.20 Å². The van der Waals surface area contributed by atoms with Crippen molar-refractivity contribution in [3.8, 4) is 11.3 Å². The zero-order valence-electron chi connectivity index (χ0n) is 16.9. The highest BCUT2D eigenvalue weighted by Gasteiger charge is 2.32. The van der Waals surface area contributed by atoms with Crippen LogP contribution >= 0.6 is 11.6 Å². The summed E-state index contributed by atoms with van der Waals surface area (Å²) in [6, 6.07) is 0. The van der Waals surface area contributed by atoms with Gasteiger partial charge in [-0.05, 0) is 35.6 Å². The van der Waals surface area contributed by atoms with Gasteiger partial charge in [-0.25, -0.2) is 27.8 Å². The Hall–Kier alpha value is -3.05. The van der Waals surface area contributed by atoms with E-state index in [9.17, 15) is 13.2 Å². The van der Waals surface area contributed by atoms with Crippen LogP contribution in [-0.4, -0.2) is 47.1 Å². The van der Waals surface area contributed by atoms with Gasteiger partial charge in [0.1, 0.15) is 5.82 Å². The van der Waals surface area contributed by atoms with Crippen LogP contribution in [0.4, 0.5) is 16.0 Å². The zero-order chi connectivity index (χ0) is 22.6. The van der Waals surface area contributed by atoms with Gasteiger partial charge in [-0.1, -0.05) is 0 Å². The number of halogens is 2. The molecule has 32 heavy (non-hydrogen) atoms. The number of nitrogens with zero attached hydrogens (tertiary/aromatic N) is 3. The number of carbonyl (C=O) groups excluding carboxylic acids is 1. The zero-order valence-corrected chi connectivity index (χ0v) is 18.5. The quantitative estimate of drug-likeness (QED) is 0.493. The molecular weight excluding hydrogens is 459 g/mol. The number of fused-ring (bicyclic) bond motifs is 5. The second-order valence-electron chi connectivity index (χ2n) is 7.87. The fourth-order valence-corrected chi connectivity index (χ4v) is 5.14. The molecule has 12 heteroatoms. The highest BCUT2D eigenvalue weighted by molar-refractivity contribution is 7.89. The summed E-state index contributed by atoms with van der Waals surface area (Å²) in [6.07, 6.45) is 5.73. The molecule has 0 atom stereocenters. The standard InChI is InChI=1S/C20H18ClFN6O3S/c1-32(30,31)8-10-7-25-20(21)28-17(10)27-18-15(22)13-9(6-24-18)2-3-11-14-12(26-16(11)13)4-5-23-19(14)29/h6-7,26H,2-5,8H2,1H3,(H,23,29)(H,24,25,27,28). The number of pyridine rings is 1. The van der Waals surface area contributed by atoms with Gasteiger partial charge in [-0.15, -0.1) is 0 Å². The van der Waals surface area contributed by atoms with E-state index in [1.165, 1.54) is 6.20 Å². The number of aromatic amines is 1. The molecule has 2 aliphatic rings. The second kappa shape index (κ2) is 7.52. The molecule has 0 aromatic carbocycles. The fraction of sp³-hybridized carbons (Fsp3) is 0.300. The SMILES string of the molecule is CS(=O)(=O)Cc1cnc(Cl)nc1Nc1ncc2c(c1F)-c1[nH]c3c(c1CC2)C(=O)NCC3. The van der Waals surface area contributed by atoms with Gasteiger partial charge in [0, 0.05) is 48.4 Å². The van der Waals surface area contributed by atoms with E-state index in [1.807, 2.05) is 0 Å². The first-order chi connectivity index (χ1) is 15.2. The van der Waals surface area contributed by atoms with Crippen molar-refractivity contribution in [2.24, 2.45) is 0 Å². The number of anilines is 2. The van der Waals surface area contributed by atoms with Crippen LogP contribution in [0.25, 0.3) is 11.3 Å². The van der Waals surface area contributed by atoms with E-state index in [-0.39, 0.29) is 34.1 Å². The molecule has 3 N–H and O–H groups in total. The Morgan fingerprint density at radius 1 is 1.16 bits per heavy atom. The largest absolute Gasteiger partial charge is 0.357 e. The van der Waals surface area contributed by atoms with Gasteiger partial charge in [-0.2, -0.15) is 0 Å². The smallest absolute Gasteiger partial charge is 0.253 e. The molecular formula is C20H18ClFN6O3S. The lowest BCUT2D eigenvalue weighted by Crippen LogP contribution is -2.32. The van der Waals surface area contributed by atoms with Crippen LogP contribution in [-0.2, 0) is 34.9 Å². The van der Waals surface area contributed by atoms with Crippen LogP contribution in [0.3, 0.4) is 0 Å². The average Bonchev–Trinajstić information content (AvgIpc) is 3.11. The Morgan fingerprint density at radius 2 is 1.97 bits per heavy atom. The van der Waals surface area contributed by atoms with Crippen molar-refractivity contribution >= 4 is 39.0 Å². The molecule has 9 nitrogen and oxygen atoms in total. The number of aryl methyl sites for hydroxylation is 1. The third-order valence-corrected chi connectivity index (χ3v) is 6.57. The minimum atomic E-state index is -3.40. The molecule has 4 heterocycles. The van der Waals surface area contributed by atoms with Crippen molar-refractivity contribution in [2.45, 2.75) is 25.0 Å². The first kappa shape index (κ1) is 20.8. The summed E-state index contributed by atoms with van der Waals surface area (Å²) < 4.78 is 39.2. The maximum Gasteiger partial charge on any atom is 0.253 e. The molecule has 0 radical (unpaired) electrons. The second-order valence-corrected chi connectivity index (χ2v) is 10.3. The van der Waals surface area contributed by atoms with Crippen LogP contribution < -0.4 is 10.6 Å². The molecule has 1 amide bonds. The number of amides is 1. The third-order valence-electron chi connectivity index (χ3n) is 5.55. The average molecular weight is 477 g/mol. The van der Waals surface area contributed by atoms with Crippen LogP contribution in [0.15, 0.2) is 12.4 Å². The van der Waals surface area contributed by atoms with Gasteiger partial charge in [0.15, 0.2) is 21.5 Å². The third kappa shape index (κ3) is 3.61. The molecule has 3 aromatic heterocycles. The van der Waals surface area contributed by atoms with E-state index in [4.69, 9.17) is 11.6 Å². The molecule has 166 valence electrons. The minimum absolute atomic E-state index is 0.0583. The number of nitrogens with one attached hydrogen (secondary N) is 3. The monoisotopic (exact) mass is 476 g/mol. The summed E-state index contributed by atoms with van der Waals surface area (Å²) in [4.78, 5) is 27.7. The fourth-order valence-electron chi connectivity index (χ4n) is 4.23. The number of carbonyl (C=O) groups is 1. The Labute approximate surface area is 187 Å². The number of hydrogen-bond donors (Lipinski definition) is 3. The van der Waals surface area contributed by atoms with Crippen molar-refractivity contribution in [1.82, 2.24) is 25.3 Å². The minimum Gasteiger partial charge on any atom is -0.357 e. The predicted octanol–water partition coefficient (Wildman–Crippen LogP) is 2.33. The topological polar surface area (TPSA) is 130 Å². The van der Waals surface area contributed by atoms with E-state index in [2.05, 4.69) is 30.6 Å². The molecule has 1 aliphatic heterocycles. The van der Waals surface area contributed by atoms with Crippen molar-refractivity contribution in [3.05, 3.63) is 51.4 Å². The molecule has 1 aliphatic carbocycles. The van der Waals surface area contributed by atoms with E-state index >= 15 is 4.39 Å². The normalized spacial score (nSPS) is 14.9. The van der Waals surface area contributed by atoms with Gasteiger partial charge in [0.2, 0.25) is 5.28 Å². The summed E-state index contributed by atoms with van der Waals surface area (Å²) in [6.45, 7) is 0.529. The van der Waals surface area contributed by atoms with Crippen molar-refractivity contribution < 1.29 is 17.6 Å². The van der Waals surface area contributed by atoms with Crippen LogP contribution in [0, 0.1) is 5.82 Å². The molecule has 0 bridgehead atoms. The van der Waals surface area contributed by atoms with E-state index in [0.717, 1.165) is 23.1 Å². The Bertz CT molecular complexity index is 1390. The molecule has 3 aromatic rings. The highest BCUT2D eigenvalue weighted by atomic mass is 35.5. The Morgan fingerprint density at radius 3 is 2.75 bits per heavy atom. The number of hydrogen-bond acceptors (Lipinski definition) is 7.